The number of aryl methyl sites for hydroxylation is 3. The van der Waals surface area contributed by atoms with Crippen LogP contribution in [0.15, 0.2) is 23.6 Å². The minimum Gasteiger partial charge on any atom is -0.299 e. The number of Topliss-reactive ketones (excluding diaryl/α,β-unsaturated/α-hetero) is 1. The molecule has 0 N–H and O–H groups in total. The molecule has 1 heterocycles. The molecular formula is C16H17NOS. The summed E-state index contributed by atoms with van der Waals surface area (Å²) in [6, 6.07) is 6.38. The van der Waals surface area contributed by atoms with Crippen LogP contribution in [0.5, 0.6) is 0 Å². The van der Waals surface area contributed by atoms with E-state index < -0.39 is 0 Å². The lowest BCUT2D eigenvalue weighted by Crippen LogP contribution is -2.15. The van der Waals surface area contributed by atoms with Gasteiger partial charge in [0.25, 0.3) is 0 Å². The Morgan fingerprint density at radius 2 is 2.16 bits per heavy atom. The molecule has 0 saturated carbocycles. The molecule has 3 rings (SSSR count). The Morgan fingerprint density at radius 1 is 1.26 bits per heavy atom. The molecule has 0 bridgehead atoms. The third kappa shape index (κ3) is 2.76. The first kappa shape index (κ1) is 12.5. The van der Waals surface area contributed by atoms with Crippen molar-refractivity contribution in [2.75, 3.05) is 0 Å². The number of nitrogens with zero attached hydrogens (tertiary/aromatic N) is 1. The summed E-state index contributed by atoms with van der Waals surface area (Å²) in [6.07, 6.45) is 4.27. The molecule has 0 radical (unpaired) electrons. The molecule has 0 atom stereocenters. The highest BCUT2D eigenvalue weighted by molar-refractivity contribution is 7.09. The van der Waals surface area contributed by atoms with Gasteiger partial charge >= 0.3 is 0 Å². The molecule has 1 aliphatic carbocycles. The van der Waals surface area contributed by atoms with E-state index in [1.165, 1.54) is 22.4 Å². The number of carbonyl (C=O) groups excluding carboxylic acids is 1. The van der Waals surface area contributed by atoms with Crippen LogP contribution in [0.3, 0.4) is 0 Å². The minimum atomic E-state index is 0.375. The summed E-state index contributed by atoms with van der Waals surface area (Å²) in [6.45, 7) is 2.05. The van der Waals surface area contributed by atoms with Crippen LogP contribution < -0.4 is 0 Å². The molecule has 1 aromatic heterocycles. The maximum absolute atomic E-state index is 11.5. The fraction of sp³-hybridized carbons (Fsp3) is 0.375. The van der Waals surface area contributed by atoms with Gasteiger partial charge < -0.3 is 0 Å². The normalized spacial score (nSPS) is 14.5. The second-order valence-electron chi connectivity index (χ2n) is 5.13. The van der Waals surface area contributed by atoms with E-state index in [9.17, 15) is 4.79 Å². The van der Waals surface area contributed by atoms with Gasteiger partial charge in [0.1, 0.15) is 5.78 Å². The molecular weight excluding hydrogens is 254 g/mol. The molecule has 3 heteroatoms. The predicted molar refractivity (Wildman–Crippen MR) is 77.7 cm³/mol. The van der Waals surface area contributed by atoms with Crippen molar-refractivity contribution in [2.45, 2.75) is 39.0 Å². The average molecular weight is 271 g/mol. The van der Waals surface area contributed by atoms with Gasteiger partial charge in [-0.3, -0.25) is 4.79 Å². The van der Waals surface area contributed by atoms with E-state index in [0.717, 1.165) is 24.3 Å². The maximum atomic E-state index is 11.5. The Morgan fingerprint density at radius 3 is 2.95 bits per heavy atom. The van der Waals surface area contributed by atoms with Crippen LogP contribution in [-0.4, -0.2) is 10.8 Å². The molecule has 19 heavy (non-hydrogen) atoms. The summed E-state index contributed by atoms with van der Waals surface area (Å²) in [5.41, 5.74) is 5.24. The predicted octanol–water partition coefficient (Wildman–Crippen LogP) is 3.29. The maximum Gasteiger partial charge on any atom is 0.137 e. The lowest BCUT2D eigenvalue weighted by atomic mass is 9.86. The third-order valence-corrected chi connectivity index (χ3v) is 4.55. The van der Waals surface area contributed by atoms with Gasteiger partial charge in [0, 0.05) is 18.2 Å². The van der Waals surface area contributed by atoms with Crippen LogP contribution in [0.2, 0.25) is 0 Å². The Bertz CT molecular complexity index is 615. The highest BCUT2D eigenvalue weighted by atomic mass is 32.1. The van der Waals surface area contributed by atoms with Crippen molar-refractivity contribution >= 4 is 17.1 Å². The van der Waals surface area contributed by atoms with Gasteiger partial charge in [0.2, 0.25) is 0 Å². The van der Waals surface area contributed by atoms with E-state index >= 15 is 0 Å². The lowest BCUT2D eigenvalue weighted by molar-refractivity contribution is -0.118. The van der Waals surface area contributed by atoms with Crippen molar-refractivity contribution in [3.05, 3.63) is 51.0 Å². The summed E-state index contributed by atoms with van der Waals surface area (Å²) in [5, 5.41) is 3.28. The summed E-state index contributed by atoms with van der Waals surface area (Å²) in [4.78, 5) is 16.0. The van der Waals surface area contributed by atoms with Crippen LogP contribution in [0.25, 0.3) is 0 Å². The number of fused-ring (bicyclic) bond motifs is 1. The number of benzene rings is 1. The van der Waals surface area contributed by atoms with Crippen molar-refractivity contribution in [3.8, 4) is 0 Å². The SMILES string of the molecule is Cc1nc(CCc2cccc3c2CCC(=O)C3)cs1. The number of thiazole rings is 1. The highest BCUT2D eigenvalue weighted by Crippen LogP contribution is 2.24. The van der Waals surface area contributed by atoms with Crippen LogP contribution in [-0.2, 0) is 30.5 Å². The van der Waals surface area contributed by atoms with Crippen molar-refractivity contribution in [1.29, 1.82) is 0 Å². The van der Waals surface area contributed by atoms with Crippen LogP contribution in [0.1, 0.15) is 33.8 Å². The fourth-order valence-corrected chi connectivity index (χ4v) is 3.41. The van der Waals surface area contributed by atoms with Gasteiger partial charge in [-0.2, -0.15) is 0 Å². The molecule has 0 amide bonds. The second-order valence-corrected chi connectivity index (χ2v) is 6.19. The number of ketones is 1. The molecule has 98 valence electrons. The fourth-order valence-electron chi connectivity index (χ4n) is 2.76. The highest BCUT2D eigenvalue weighted by Gasteiger charge is 2.17. The van der Waals surface area contributed by atoms with Crippen molar-refractivity contribution in [1.82, 2.24) is 4.98 Å². The number of hydrogen-bond acceptors (Lipinski definition) is 3. The van der Waals surface area contributed by atoms with E-state index in [-0.39, 0.29) is 0 Å². The standard InChI is InChI=1S/C16H17NOS/c1-11-17-14(10-19-11)6-5-12-3-2-4-13-9-15(18)7-8-16(12)13/h2-4,10H,5-9H2,1H3. The number of hydrogen-bond donors (Lipinski definition) is 0. The van der Waals surface area contributed by atoms with Crippen LogP contribution >= 0.6 is 11.3 Å². The topological polar surface area (TPSA) is 30.0 Å². The first-order valence-corrected chi connectivity index (χ1v) is 7.62. The molecule has 2 nitrogen and oxygen atoms in total. The van der Waals surface area contributed by atoms with E-state index in [4.69, 9.17) is 0 Å². The first-order chi connectivity index (χ1) is 9.22. The molecule has 0 unspecified atom stereocenters. The van der Waals surface area contributed by atoms with Crippen molar-refractivity contribution in [3.63, 3.8) is 0 Å². The smallest absolute Gasteiger partial charge is 0.137 e. The van der Waals surface area contributed by atoms with Gasteiger partial charge in [0.15, 0.2) is 0 Å². The van der Waals surface area contributed by atoms with Crippen LogP contribution in [0, 0.1) is 6.92 Å². The Kier molecular flexibility index (Phi) is 3.47. The Hall–Kier alpha value is -1.48. The molecule has 2 aromatic rings. The van der Waals surface area contributed by atoms with Crippen molar-refractivity contribution in [2.24, 2.45) is 0 Å². The Balaban J connectivity index is 1.78. The third-order valence-electron chi connectivity index (χ3n) is 3.73. The van der Waals surface area contributed by atoms with Crippen LogP contribution in [0.4, 0.5) is 0 Å². The molecule has 0 fully saturated rings. The largest absolute Gasteiger partial charge is 0.299 e. The van der Waals surface area contributed by atoms with E-state index in [1.54, 1.807) is 11.3 Å². The number of aromatic nitrogens is 1. The lowest BCUT2D eigenvalue weighted by Gasteiger charge is -2.18. The summed E-state index contributed by atoms with van der Waals surface area (Å²) < 4.78 is 0. The van der Waals surface area contributed by atoms with Gasteiger partial charge in [0.05, 0.1) is 10.7 Å². The van der Waals surface area contributed by atoms with Gasteiger partial charge in [-0.25, -0.2) is 4.98 Å². The summed E-state index contributed by atoms with van der Waals surface area (Å²) >= 11 is 1.71. The van der Waals surface area contributed by atoms with Gasteiger partial charge in [-0.15, -0.1) is 11.3 Å². The first-order valence-electron chi connectivity index (χ1n) is 6.75. The van der Waals surface area contributed by atoms with Crippen molar-refractivity contribution < 1.29 is 4.79 Å². The number of rotatable bonds is 3. The molecule has 1 aromatic carbocycles. The quantitative estimate of drug-likeness (QED) is 0.857. The zero-order valence-corrected chi connectivity index (χ0v) is 11.9. The molecule has 0 aliphatic heterocycles. The molecule has 0 saturated heterocycles. The summed E-state index contributed by atoms with van der Waals surface area (Å²) in [5.74, 6) is 0.375. The van der Waals surface area contributed by atoms with Gasteiger partial charge in [-0.05, 0) is 42.9 Å². The molecule has 0 spiro atoms. The average Bonchev–Trinajstić information content (AvgIpc) is 2.81. The van der Waals surface area contributed by atoms with E-state index in [1.807, 2.05) is 6.92 Å². The zero-order valence-electron chi connectivity index (χ0n) is 11.1. The summed E-state index contributed by atoms with van der Waals surface area (Å²) in [7, 11) is 0. The number of carbonyl (C=O) groups is 1. The Labute approximate surface area is 117 Å². The minimum absolute atomic E-state index is 0.375. The zero-order chi connectivity index (χ0) is 13.2. The van der Waals surface area contributed by atoms with Gasteiger partial charge in [-0.1, -0.05) is 18.2 Å². The molecule has 1 aliphatic rings. The van der Waals surface area contributed by atoms with E-state index in [0.29, 0.717) is 18.6 Å². The monoisotopic (exact) mass is 271 g/mol. The second kappa shape index (κ2) is 5.25. The van der Waals surface area contributed by atoms with E-state index in [2.05, 4.69) is 28.6 Å².